The van der Waals surface area contributed by atoms with Crippen molar-refractivity contribution in [3.05, 3.63) is 58.6 Å². The molecule has 2 aromatic carbocycles. The van der Waals surface area contributed by atoms with Gasteiger partial charge in [0.15, 0.2) is 0 Å². The summed E-state index contributed by atoms with van der Waals surface area (Å²) in [5.41, 5.74) is 2.66. The lowest BCUT2D eigenvalue weighted by atomic mass is 9.90. The van der Waals surface area contributed by atoms with E-state index in [1.54, 1.807) is 18.2 Å². The molecule has 134 valence electrons. The molecule has 2 aromatic rings. The van der Waals surface area contributed by atoms with Crippen LogP contribution in [0.1, 0.15) is 24.0 Å². The van der Waals surface area contributed by atoms with Gasteiger partial charge in [-0.2, -0.15) is 0 Å². The summed E-state index contributed by atoms with van der Waals surface area (Å²) in [5.74, 6) is 0.311. The Hall–Kier alpha value is -2.79. The lowest BCUT2D eigenvalue weighted by Crippen LogP contribution is -2.07. The molecule has 0 saturated carbocycles. The summed E-state index contributed by atoms with van der Waals surface area (Å²) in [6.45, 7) is 0. The van der Waals surface area contributed by atoms with E-state index in [1.165, 1.54) is 14.2 Å². The van der Waals surface area contributed by atoms with Crippen LogP contribution in [-0.2, 0) is 19.1 Å². The zero-order valence-electron chi connectivity index (χ0n) is 14.4. The lowest BCUT2D eigenvalue weighted by Gasteiger charge is -2.14. The van der Waals surface area contributed by atoms with Crippen LogP contribution in [0.25, 0.3) is 11.1 Å². The van der Waals surface area contributed by atoms with Crippen molar-refractivity contribution >= 4 is 34.7 Å². The predicted octanol–water partition coefficient (Wildman–Crippen LogP) is 4.48. The molecule has 0 bridgehead atoms. The molecule has 5 nitrogen and oxygen atoms in total. The van der Waals surface area contributed by atoms with E-state index in [-0.39, 0.29) is 12.8 Å². The van der Waals surface area contributed by atoms with Crippen molar-refractivity contribution in [1.29, 1.82) is 0 Å². The number of rotatable bonds is 4. The Morgan fingerprint density at radius 1 is 0.885 bits per heavy atom. The van der Waals surface area contributed by atoms with Gasteiger partial charge in [-0.1, -0.05) is 29.8 Å². The van der Waals surface area contributed by atoms with Crippen LogP contribution in [0, 0.1) is 0 Å². The molecule has 0 aromatic heterocycles. The van der Waals surface area contributed by atoms with Crippen LogP contribution in [-0.4, -0.2) is 26.2 Å². The van der Waals surface area contributed by atoms with Crippen molar-refractivity contribution in [3.63, 3.8) is 0 Å². The van der Waals surface area contributed by atoms with Crippen LogP contribution >= 0.6 is 11.6 Å². The van der Waals surface area contributed by atoms with Crippen molar-refractivity contribution in [2.45, 2.75) is 12.8 Å². The third-order valence-electron chi connectivity index (χ3n) is 4.16. The van der Waals surface area contributed by atoms with Gasteiger partial charge >= 0.3 is 11.9 Å². The molecule has 0 radical (unpaired) electrons. The quantitative estimate of drug-likeness (QED) is 0.740. The van der Waals surface area contributed by atoms with E-state index in [2.05, 4.69) is 0 Å². The Labute approximate surface area is 156 Å². The SMILES string of the molecule is COC(=O)CC1=C(CC(=O)OC)c2cc(Cl)ccc2Oc2ccccc21. The molecule has 6 heteroatoms. The minimum atomic E-state index is -0.423. The minimum Gasteiger partial charge on any atom is -0.469 e. The van der Waals surface area contributed by atoms with E-state index >= 15 is 0 Å². The van der Waals surface area contributed by atoms with E-state index in [0.717, 1.165) is 5.56 Å². The smallest absolute Gasteiger partial charge is 0.310 e. The molecule has 0 fully saturated rings. The first-order valence-electron chi connectivity index (χ1n) is 7.96. The number of hydrogen-bond donors (Lipinski definition) is 0. The van der Waals surface area contributed by atoms with Crippen LogP contribution in [0.4, 0.5) is 0 Å². The molecular weight excluding hydrogens is 356 g/mol. The van der Waals surface area contributed by atoms with Crippen molar-refractivity contribution < 1.29 is 23.8 Å². The van der Waals surface area contributed by atoms with Crippen molar-refractivity contribution in [2.24, 2.45) is 0 Å². The first kappa shape index (κ1) is 18.0. The zero-order chi connectivity index (χ0) is 18.7. The summed E-state index contributed by atoms with van der Waals surface area (Å²) in [6, 6.07) is 12.5. The summed E-state index contributed by atoms with van der Waals surface area (Å²) in [7, 11) is 2.65. The molecule has 3 rings (SSSR count). The maximum absolute atomic E-state index is 12.1. The molecule has 0 spiro atoms. The number of benzene rings is 2. The van der Waals surface area contributed by atoms with Crippen LogP contribution in [0.5, 0.6) is 11.5 Å². The number of esters is 2. The average molecular weight is 373 g/mol. The summed E-state index contributed by atoms with van der Waals surface area (Å²) in [5, 5.41) is 0.498. The van der Waals surface area contributed by atoms with Gasteiger partial charge in [0, 0.05) is 16.1 Å². The van der Waals surface area contributed by atoms with Gasteiger partial charge in [0.05, 0.1) is 27.1 Å². The Morgan fingerprint density at radius 2 is 1.46 bits per heavy atom. The zero-order valence-corrected chi connectivity index (χ0v) is 15.1. The summed E-state index contributed by atoms with van der Waals surface area (Å²) in [4.78, 5) is 24.1. The number of halogens is 1. The van der Waals surface area contributed by atoms with Gasteiger partial charge in [0.1, 0.15) is 11.5 Å². The largest absolute Gasteiger partial charge is 0.469 e. The molecule has 0 N–H and O–H groups in total. The minimum absolute atomic E-state index is 0.00481. The molecule has 26 heavy (non-hydrogen) atoms. The van der Waals surface area contributed by atoms with Crippen molar-refractivity contribution in [2.75, 3.05) is 14.2 Å². The molecule has 1 aliphatic rings. The normalized spacial score (nSPS) is 12.4. The molecular formula is C20H17ClO5. The molecule has 0 amide bonds. The van der Waals surface area contributed by atoms with Crippen molar-refractivity contribution in [3.8, 4) is 11.5 Å². The summed E-state index contributed by atoms with van der Waals surface area (Å²) < 4.78 is 15.7. The Balaban J connectivity index is 2.30. The van der Waals surface area contributed by atoms with Gasteiger partial charge in [-0.05, 0) is 35.4 Å². The van der Waals surface area contributed by atoms with Gasteiger partial charge in [0.25, 0.3) is 0 Å². The first-order chi connectivity index (χ1) is 12.5. The topological polar surface area (TPSA) is 61.8 Å². The second-order valence-electron chi connectivity index (χ2n) is 5.70. The molecule has 1 heterocycles. The fraction of sp³-hybridized carbons (Fsp3) is 0.200. The van der Waals surface area contributed by atoms with Crippen LogP contribution < -0.4 is 4.74 Å². The highest BCUT2D eigenvalue weighted by molar-refractivity contribution is 6.31. The van der Waals surface area contributed by atoms with Crippen LogP contribution in [0.2, 0.25) is 5.02 Å². The van der Waals surface area contributed by atoms with E-state index in [9.17, 15) is 9.59 Å². The van der Waals surface area contributed by atoms with Gasteiger partial charge in [-0.15, -0.1) is 0 Å². The number of para-hydroxylation sites is 1. The number of ether oxygens (including phenoxy) is 3. The third-order valence-corrected chi connectivity index (χ3v) is 4.40. The highest BCUT2D eigenvalue weighted by Crippen LogP contribution is 2.45. The second kappa shape index (κ2) is 7.62. The molecule has 0 aliphatic carbocycles. The molecule has 0 saturated heterocycles. The number of carbonyl (C=O) groups is 2. The lowest BCUT2D eigenvalue weighted by molar-refractivity contribution is -0.140. The Bertz CT molecular complexity index is 901. The number of hydrogen-bond acceptors (Lipinski definition) is 5. The molecule has 0 unspecified atom stereocenters. The van der Waals surface area contributed by atoms with E-state index in [1.807, 2.05) is 24.3 Å². The van der Waals surface area contributed by atoms with Gasteiger partial charge in [-0.25, -0.2) is 0 Å². The molecule has 0 atom stereocenters. The maximum atomic E-state index is 12.1. The first-order valence-corrected chi connectivity index (χ1v) is 8.34. The average Bonchev–Trinajstić information content (AvgIpc) is 2.77. The number of methoxy groups -OCH3 is 2. The van der Waals surface area contributed by atoms with Gasteiger partial charge < -0.3 is 14.2 Å². The van der Waals surface area contributed by atoms with Crippen LogP contribution in [0.3, 0.4) is 0 Å². The van der Waals surface area contributed by atoms with Gasteiger partial charge in [-0.3, -0.25) is 9.59 Å². The Morgan fingerprint density at radius 3 is 2.12 bits per heavy atom. The fourth-order valence-corrected chi connectivity index (χ4v) is 3.08. The van der Waals surface area contributed by atoms with Crippen molar-refractivity contribution in [1.82, 2.24) is 0 Å². The van der Waals surface area contributed by atoms with E-state index in [4.69, 9.17) is 25.8 Å². The van der Waals surface area contributed by atoms with Gasteiger partial charge in [0.2, 0.25) is 0 Å². The summed E-state index contributed by atoms with van der Waals surface area (Å²) in [6.07, 6.45) is -0.0248. The maximum Gasteiger partial charge on any atom is 0.310 e. The molecule has 1 aliphatic heterocycles. The standard InChI is InChI=1S/C20H17ClO5/c1-24-19(22)10-14-13-5-3-4-6-17(13)26-18-8-7-12(21)9-16(18)15(14)11-20(23)25-2/h3-9H,10-11H2,1-2H3. The van der Waals surface area contributed by atoms with E-state index in [0.29, 0.717) is 33.2 Å². The van der Waals surface area contributed by atoms with E-state index < -0.39 is 11.9 Å². The number of carbonyl (C=O) groups excluding carboxylic acids is 2. The summed E-state index contributed by atoms with van der Waals surface area (Å²) >= 11 is 6.17. The van der Waals surface area contributed by atoms with Crippen LogP contribution in [0.15, 0.2) is 42.5 Å². The Kier molecular flexibility index (Phi) is 5.28. The second-order valence-corrected chi connectivity index (χ2v) is 6.14. The highest BCUT2D eigenvalue weighted by Gasteiger charge is 2.26. The highest BCUT2D eigenvalue weighted by atomic mass is 35.5. The predicted molar refractivity (Wildman–Crippen MR) is 98.0 cm³/mol. The monoisotopic (exact) mass is 372 g/mol. The third kappa shape index (κ3) is 3.58. The number of fused-ring (bicyclic) bond motifs is 2. The fourth-order valence-electron chi connectivity index (χ4n) is 2.91.